The van der Waals surface area contributed by atoms with Gasteiger partial charge in [-0.1, -0.05) is 50.2 Å². The number of nitrogens with zero attached hydrogens (tertiary/aromatic N) is 3. The maximum atomic E-state index is 4.90. The smallest absolute Gasteiger partial charge is 0.145 e. The van der Waals surface area contributed by atoms with E-state index in [0.29, 0.717) is 5.92 Å². The van der Waals surface area contributed by atoms with E-state index in [1.54, 1.807) is 6.20 Å². The molecule has 0 aliphatic rings. The van der Waals surface area contributed by atoms with E-state index in [9.17, 15) is 0 Å². The molecule has 1 aromatic carbocycles. The van der Waals surface area contributed by atoms with Crippen molar-refractivity contribution in [2.24, 2.45) is 0 Å². The van der Waals surface area contributed by atoms with E-state index in [1.165, 1.54) is 5.56 Å². The van der Waals surface area contributed by atoms with Crippen molar-refractivity contribution in [3.8, 4) is 22.8 Å². The zero-order valence-electron chi connectivity index (χ0n) is 13.8. The molecular weight excluding hydrogens is 294 g/mol. The SMILES string of the molecule is CC(C)c1ccc(-c2nc(-c3ccccn3)c3ccccn23)cc1. The summed E-state index contributed by atoms with van der Waals surface area (Å²) in [4.78, 5) is 9.37. The maximum Gasteiger partial charge on any atom is 0.145 e. The molecule has 3 heteroatoms. The Morgan fingerprint density at radius 1 is 0.875 bits per heavy atom. The summed E-state index contributed by atoms with van der Waals surface area (Å²) in [5, 5.41) is 0. The van der Waals surface area contributed by atoms with Crippen molar-refractivity contribution in [2.45, 2.75) is 19.8 Å². The van der Waals surface area contributed by atoms with Gasteiger partial charge in [0.15, 0.2) is 0 Å². The number of fused-ring (bicyclic) bond motifs is 1. The van der Waals surface area contributed by atoms with Gasteiger partial charge in [0.2, 0.25) is 0 Å². The van der Waals surface area contributed by atoms with E-state index in [1.807, 2.05) is 30.3 Å². The monoisotopic (exact) mass is 313 g/mol. The Morgan fingerprint density at radius 2 is 1.67 bits per heavy atom. The van der Waals surface area contributed by atoms with E-state index in [0.717, 1.165) is 28.3 Å². The van der Waals surface area contributed by atoms with E-state index in [-0.39, 0.29) is 0 Å². The van der Waals surface area contributed by atoms with Crippen LogP contribution in [0, 0.1) is 0 Å². The van der Waals surface area contributed by atoms with Crippen molar-refractivity contribution in [3.05, 3.63) is 78.6 Å². The number of rotatable bonds is 3. The van der Waals surface area contributed by atoms with Crippen molar-refractivity contribution in [2.75, 3.05) is 0 Å². The molecule has 0 radical (unpaired) electrons. The lowest BCUT2D eigenvalue weighted by atomic mass is 10.0. The zero-order valence-corrected chi connectivity index (χ0v) is 13.8. The van der Waals surface area contributed by atoms with Gasteiger partial charge in [0.25, 0.3) is 0 Å². The molecular formula is C21H19N3. The molecule has 3 nitrogen and oxygen atoms in total. The number of hydrogen-bond donors (Lipinski definition) is 0. The van der Waals surface area contributed by atoms with Gasteiger partial charge in [0.05, 0.1) is 11.2 Å². The first-order chi connectivity index (χ1) is 11.7. The average Bonchev–Trinajstić information content (AvgIpc) is 3.02. The van der Waals surface area contributed by atoms with Crippen LogP contribution in [0.25, 0.3) is 28.3 Å². The van der Waals surface area contributed by atoms with Crippen molar-refractivity contribution in [1.82, 2.24) is 14.4 Å². The van der Waals surface area contributed by atoms with Gasteiger partial charge in [0, 0.05) is 18.0 Å². The number of aromatic nitrogens is 3. The Hall–Kier alpha value is -2.94. The molecule has 3 heterocycles. The predicted molar refractivity (Wildman–Crippen MR) is 97.9 cm³/mol. The Balaban J connectivity index is 1.90. The molecule has 0 amide bonds. The molecule has 0 fully saturated rings. The summed E-state index contributed by atoms with van der Waals surface area (Å²) < 4.78 is 2.13. The molecule has 3 aromatic heterocycles. The van der Waals surface area contributed by atoms with Crippen LogP contribution in [0.2, 0.25) is 0 Å². The highest BCUT2D eigenvalue weighted by Gasteiger charge is 2.14. The summed E-state index contributed by atoms with van der Waals surface area (Å²) in [6.07, 6.45) is 3.86. The molecule has 24 heavy (non-hydrogen) atoms. The lowest BCUT2D eigenvalue weighted by Gasteiger charge is -2.06. The highest BCUT2D eigenvalue weighted by atomic mass is 15.0. The van der Waals surface area contributed by atoms with Crippen molar-refractivity contribution in [3.63, 3.8) is 0 Å². The highest BCUT2D eigenvalue weighted by Crippen LogP contribution is 2.29. The Morgan fingerprint density at radius 3 is 2.38 bits per heavy atom. The minimum absolute atomic E-state index is 0.528. The Labute approximate surface area is 141 Å². The zero-order chi connectivity index (χ0) is 16.5. The first-order valence-corrected chi connectivity index (χ1v) is 8.23. The molecule has 0 spiro atoms. The molecule has 118 valence electrons. The van der Waals surface area contributed by atoms with Gasteiger partial charge < -0.3 is 0 Å². The van der Waals surface area contributed by atoms with Crippen molar-refractivity contribution in [1.29, 1.82) is 0 Å². The maximum absolute atomic E-state index is 4.90. The van der Waals surface area contributed by atoms with Gasteiger partial charge in [0.1, 0.15) is 11.5 Å². The second kappa shape index (κ2) is 5.93. The fourth-order valence-electron chi connectivity index (χ4n) is 2.95. The largest absolute Gasteiger partial charge is 0.299 e. The lowest BCUT2D eigenvalue weighted by Crippen LogP contribution is -1.90. The van der Waals surface area contributed by atoms with Gasteiger partial charge in [-0.05, 0) is 35.7 Å². The van der Waals surface area contributed by atoms with Crippen LogP contribution in [0.15, 0.2) is 73.1 Å². The fourth-order valence-corrected chi connectivity index (χ4v) is 2.95. The van der Waals surface area contributed by atoms with Crippen LogP contribution in [0.4, 0.5) is 0 Å². The van der Waals surface area contributed by atoms with Crippen LogP contribution < -0.4 is 0 Å². The summed E-state index contributed by atoms with van der Waals surface area (Å²) in [7, 11) is 0. The second-order valence-electron chi connectivity index (χ2n) is 6.23. The van der Waals surface area contributed by atoms with Crippen LogP contribution in [0.5, 0.6) is 0 Å². The van der Waals surface area contributed by atoms with Crippen LogP contribution >= 0.6 is 0 Å². The summed E-state index contributed by atoms with van der Waals surface area (Å²) in [5.74, 6) is 1.47. The van der Waals surface area contributed by atoms with Crippen molar-refractivity contribution < 1.29 is 0 Å². The van der Waals surface area contributed by atoms with Crippen LogP contribution in [0.3, 0.4) is 0 Å². The third kappa shape index (κ3) is 2.48. The molecule has 0 saturated heterocycles. The fraction of sp³-hybridized carbons (Fsp3) is 0.143. The number of pyridine rings is 2. The van der Waals surface area contributed by atoms with Crippen LogP contribution in [-0.4, -0.2) is 14.4 Å². The van der Waals surface area contributed by atoms with Gasteiger partial charge in [-0.2, -0.15) is 0 Å². The summed E-state index contributed by atoms with van der Waals surface area (Å²) in [5.41, 5.74) is 5.33. The number of hydrogen-bond acceptors (Lipinski definition) is 2. The molecule has 0 bridgehead atoms. The standard InChI is InChI=1S/C21H19N3/c1-15(2)16-9-11-17(12-10-16)21-23-20(18-7-3-5-13-22-18)19-8-4-6-14-24(19)21/h3-15H,1-2H3. The Kier molecular flexibility index (Phi) is 3.62. The second-order valence-corrected chi connectivity index (χ2v) is 6.23. The molecule has 0 aliphatic heterocycles. The van der Waals surface area contributed by atoms with Gasteiger partial charge in [-0.25, -0.2) is 4.98 Å². The topological polar surface area (TPSA) is 30.2 Å². The van der Waals surface area contributed by atoms with Crippen LogP contribution in [-0.2, 0) is 0 Å². The lowest BCUT2D eigenvalue weighted by molar-refractivity contribution is 0.867. The van der Waals surface area contributed by atoms with E-state index in [2.05, 4.69) is 59.8 Å². The van der Waals surface area contributed by atoms with Gasteiger partial charge >= 0.3 is 0 Å². The number of imidazole rings is 1. The molecule has 0 saturated carbocycles. The van der Waals surface area contributed by atoms with E-state index >= 15 is 0 Å². The predicted octanol–water partition coefficient (Wildman–Crippen LogP) is 5.19. The third-order valence-corrected chi connectivity index (χ3v) is 4.29. The summed E-state index contributed by atoms with van der Waals surface area (Å²) in [6.45, 7) is 4.41. The molecule has 4 aromatic rings. The third-order valence-electron chi connectivity index (χ3n) is 4.29. The minimum Gasteiger partial charge on any atom is -0.299 e. The first-order valence-electron chi connectivity index (χ1n) is 8.23. The quantitative estimate of drug-likeness (QED) is 0.521. The van der Waals surface area contributed by atoms with Gasteiger partial charge in [-0.3, -0.25) is 9.38 Å². The molecule has 0 atom stereocenters. The summed E-state index contributed by atoms with van der Waals surface area (Å²) >= 11 is 0. The summed E-state index contributed by atoms with van der Waals surface area (Å²) in [6, 6.07) is 20.7. The normalized spacial score (nSPS) is 11.3. The number of benzene rings is 1. The van der Waals surface area contributed by atoms with Crippen molar-refractivity contribution >= 4 is 5.52 Å². The molecule has 0 unspecified atom stereocenters. The Bertz CT molecular complexity index is 967. The van der Waals surface area contributed by atoms with Crippen LogP contribution in [0.1, 0.15) is 25.3 Å². The molecule has 4 rings (SSSR count). The molecule has 0 N–H and O–H groups in total. The first kappa shape index (κ1) is 14.6. The van der Waals surface area contributed by atoms with E-state index < -0.39 is 0 Å². The van der Waals surface area contributed by atoms with Gasteiger partial charge in [-0.15, -0.1) is 0 Å². The minimum atomic E-state index is 0.528. The molecule has 0 aliphatic carbocycles. The highest BCUT2D eigenvalue weighted by molar-refractivity contribution is 5.79. The van der Waals surface area contributed by atoms with E-state index in [4.69, 9.17) is 4.98 Å². The average molecular weight is 313 g/mol.